The molecule has 0 unspecified atom stereocenters. The van der Waals surface area contributed by atoms with Gasteiger partial charge in [-0.25, -0.2) is 8.42 Å². The van der Waals surface area contributed by atoms with E-state index < -0.39 is 9.84 Å². The molecule has 0 aliphatic rings. The molecule has 6 heteroatoms. The maximum absolute atomic E-state index is 12.2. The smallest absolute Gasteiger partial charge is 0.255 e. The van der Waals surface area contributed by atoms with Gasteiger partial charge in [0.05, 0.1) is 10.5 Å². The van der Waals surface area contributed by atoms with Crippen molar-refractivity contribution in [2.45, 2.75) is 25.3 Å². The third kappa shape index (κ3) is 3.90. The van der Waals surface area contributed by atoms with Crippen LogP contribution in [0.25, 0.3) is 0 Å². The van der Waals surface area contributed by atoms with E-state index >= 15 is 0 Å². The Bertz CT molecular complexity index is 840. The van der Waals surface area contributed by atoms with Crippen LogP contribution < -0.4 is 5.32 Å². The topological polar surface area (TPSA) is 83.5 Å². The van der Waals surface area contributed by atoms with Crippen molar-refractivity contribution in [3.8, 4) is 5.75 Å². The Balaban J connectivity index is 2.09. The number of carbonyl (C=O) groups excluding carboxylic acids is 1. The first-order valence-electron chi connectivity index (χ1n) is 7.06. The van der Waals surface area contributed by atoms with Crippen LogP contribution in [0.3, 0.4) is 0 Å². The minimum Gasteiger partial charge on any atom is -0.507 e. The molecule has 0 radical (unpaired) electrons. The Labute approximate surface area is 135 Å². The van der Waals surface area contributed by atoms with Crippen LogP contribution in [-0.2, 0) is 16.4 Å². The summed E-state index contributed by atoms with van der Waals surface area (Å²) < 4.78 is 22.8. The summed E-state index contributed by atoms with van der Waals surface area (Å²) >= 11 is 0. The lowest BCUT2D eigenvalue weighted by atomic mass is 10.0. The molecule has 122 valence electrons. The van der Waals surface area contributed by atoms with E-state index in [4.69, 9.17) is 0 Å². The summed E-state index contributed by atoms with van der Waals surface area (Å²) in [5, 5.41) is 12.8. The van der Waals surface area contributed by atoms with Gasteiger partial charge in [-0.15, -0.1) is 0 Å². The summed E-state index contributed by atoms with van der Waals surface area (Å²) in [6.45, 7) is 3.86. The lowest BCUT2D eigenvalue weighted by molar-refractivity contribution is 0.0948. The zero-order valence-electron chi connectivity index (χ0n) is 13.3. The lowest BCUT2D eigenvalue weighted by Crippen LogP contribution is -2.23. The molecule has 23 heavy (non-hydrogen) atoms. The van der Waals surface area contributed by atoms with Gasteiger partial charge in [0.1, 0.15) is 5.75 Å². The van der Waals surface area contributed by atoms with Gasteiger partial charge >= 0.3 is 0 Å². The fourth-order valence-corrected chi connectivity index (χ4v) is 2.75. The van der Waals surface area contributed by atoms with Crippen LogP contribution in [0.15, 0.2) is 41.3 Å². The number of phenolic OH excluding ortho intramolecular Hbond substituents is 1. The van der Waals surface area contributed by atoms with E-state index in [1.807, 2.05) is 6.92 Å². The zero-order chi connectivity index (χ0) is 17.2. The molecule has 2 N–H and O–H groups in total. The second-order valence-electron chi connectivity index (χ2n) is 5.50. The van der Waals surface area contributed by atoms with E-state index in [1.165, 1.54) is 12.1 Å². The number of sulfone groups is 1. The number of nitrogens with one attached hydrogen (secondary N) is 1. The molecule has 0 fully saturated rings. The predicted octanol–water partition coefficient (Wildman–Crippen LogP) is 2.34. The molecule has 0 saturated heterocycles. The maximum Gasteiger partial charge on any atom is 0.255 e. The van der Waals surface area contributed by atoms with Gasteiger partial charge in [0, 0.05) is 12.8 Å². The number of phenols is 1. The zero-order valence-corrected chi connectivity index (χ0v) is 14.1. The van der Waals surface area contributed by atoms with Gasteiger partial charge in [0.2, 0.25) is 0 Å². The highest BCUT2D eigenvalue weighted by atomic mass is 32.2. The molecular weight excluding hydrogens is 314 g/mol. The van der Waals surface area contributed by atoms with Crippen LogP contribution >= 0.6 is 0 Å². The number of hydrogen-bond acceptors (Lipinski definition) is 4. The second kappa shape index (κ2) is 6.42. The first-order valence-corrected chi connectivity index (χ1v) is 8.95. The molecule has 0 bridgehead atoms. The van der Waals surface area contributed by atoms with Crippen molar-refractivity contribution < 1.29 is 18.3 Å². The standard InChI is InChI=1S/C17H19NO4S/c1-11-4-9-15(16(19)12(11)2)17(20)18-10-13-5-7-14(8-6-13)23(3,21)22/h4-9,19H,10H2,1-3H3,(H,18,20). The SMILES string of the molecule is Cc1ccc(C(=O)NCc2ccc(S(C)(=O)=O)cc2)c(O)c1C. The normalized spacial score (nSPS) is 11.3. The van der Waals surface area contributed by atoms with Gasteiger partial charge in [-0.05, 0) is 48.7 Å². The van der Waals surface area contributed by atoms with Crippen LogP contribution in [0.5, 0.6) is 5.75 Å². The van der Waals surface area contributed by atoms with Gasteiger partial charge < -0.3 is 10.4 Å². The van der Waals surface area contributed by atoms with Crippen LogP contribution in [0.4, 0.5) is 0 Å². The Morgan fingerprint density at radius 1 is 1.09 bits per heavy atom. The van der Waals surface area contributed by atoms with Crippen molar-refractivity contribution in [3.63, 3.8) is 0 Å². The number of benzene rings is 2. The lowest BCUT2D eigenvalue weighted by Gasteiger charge is -2.10. The molecule has 2 aromatic carbocycles. The molecule has 0 aromatic heterocycles. The van der Waals surface area contributed by atoms with E-state index in [0.29, 0.717) is 5.56 Å². The van der Waals surface area contributed by atoms with E-state index in [-0.39, 0.29) is 28.7 Å². The Kier molecular flexibility index (Phi) is 4.75. The van der Waals surface area contributed by atoms with Crippen molar-refractivity contribution in [1.29, 1.82) is 0 Å². The van der Waals surface area contributed by atoms with Crippen molar-refractivity contribution in [3.05, 3.63) is 58.7 Å². The highest BCUT2D eigenvalue weighted by molar-refractivity contribution is 7.90. The molecule has 0 saturated carbocycles. The minimum absolute atomic E-state index is 0.0186. The van der Waals surface area contributed by atoms with Gasteiger partial charge in [0.25, 0.3) is 5.91 Å². The van der Waals surface area contributed by atoms with Gasteiger partial charge in [-0.2, -0.15) is 0 Å². The van der Waals surface area contributed by atoms with Crippen LogP contribution in [0.1, 0.15) is 27.0 Å². The largest absolute Gasteiger partial charge is 0.507 e. The van der Waals surface area contributed by atoms with Crippen molar-refractivity contribution >= 4 is 15.7 Å². The highest BCUT2D eigenvalue weighted by Gasteiger charge is 2.14. The molecule has 2 rings (SSSR count). The number of aromatic hydroxyl groups is 1. The average molecular weight is 333 g/mol. The van der Waals surface area contributed by atoms with Gasteiger partial charge in [0.15, 0.2) is 9.84 Å². The van der Waals surface area contributed by atoms with Crippen molar-refractivity contribution in [1.82, 2.24) is 5.32 Å². The molecule has 1 amide bonds. The Morgan fingerprint density at radius 3 is 2.26 bits per heavy atom. The fraction of sp³-hybridized carbons (Fsp3) is 0.235. The monoisotopic (exact) mass is 333 g/mol. The minimum atomic E-state index is -3.23. The maximum atomic E-state index is 12.2. The quantitative estimate of drug-likeness (QED) is 0.899. The highest BCUT2D eigenvalue weighted by Crippen LogP contribution is 2.24. The first kappa shape index (κ1) is 17.0. The number of rotatable bonds is 4. The summed E-state index contributed by atoms with van der Waals surface area (Å²) in [5.41, 5.74) is 2.58. The first-order chi connectivity index (χ1) is 10.7. The van der Waals surface area contributed by atoms with Crippen molar-refractivity contribution in [2.24, 2.45) is 0 Å². The summed E-state index contributed by atoms with van der Waals surface area (Å²) in [6, 6.07) is 9.67. The van der Waals surface area contributed by atoms with E-state index in [9.17, 15) is 18.3 Å². The second-order valence-corrected chi connectivity index (χ2v) is 7.52. The van der Waals surface area contributed by atoms with Crippen LogP contribution in [0, 0.1) is 13.8 Å². The third-order valence-electron chi connectivity index (χ3n) is 3.75. The van der Waals surface area contributed by atoms with Gasteiger partial charge in [-0.1, -0.05) is 18.2 Å². The number of hydrogen-bond donors (Lipinski definition) is 2. The molecule has 5 nitrogen and oxygen atoms in total. The molecule has 0 atom stereocenters. The fourth-order valence-electron chi connectivity index (χ4n) is 2.12. The van der Waals surface area contributed by atoms with Crippen LogP contribution in [0.2, 0.25) is 0 Å². The molecule has 0 aliphatic carbocycles. The molecule has 0 heterocycles. The summed E-state index contributed by atoms with van der Waals surface area (Å²) in [7, 11) is -3.23. The number of aryl methyl sites for hydroxylation is 1. The average Bonchev–Trinajstić information content (AvgIpc) is 2.50. The molecule has 2 aromatic rings. The van der Waals surface area contributed by atoms with Crippen molar-refractivity contribution in [2.75, 3.05) is 6.26 Å². The van der Waals surface area contributed by atoms with E-state index in [1.54, 1.807) is 31.2 Å². The Morgan fingerprint density at radius 2 is 1.70 bits per heavy atom. The number of amides is 1. The predicted molar refractivity (Wildman–Crippen MR) is 88.3 cm³/mol. The molecule has 0 aliphatic heterocycles. The summed E-state index contributed by atoms with van der Waals surface area (Å²) in [6.07, 6.45) is 1.15. The Hall–Kier alpha value is -2.34. The van der Waals surface area contributed by atoms with Crippen LogP contribution in [-0.4, -0.2) is 25.7 Å². The number of carbonyl (C=O) groups is 1. The van der Waals surface area contributed by atoms with Gasteiger partial charge in [-0.3, -0.25) is 4.79 Å². The summed E-state index contributed by atoms with van der Waals surface area (Å²) in [4.78, 5) is 12.4. The van der Waals surface area contributed by atoms with E-state index in [0.717, 1.165) is 17.4 Å². The summed E-state index contributed by atoms with van der Waals surface area (Å²) in [5.74, 6) is -0.396. The molecular formula is C17H19NO4S. The molecule has 0 spiro atoms. The third-order valence-corrected chi connectivity index (χ3v) is 4.88. The van der Waals surface area contributed by atoms with E-state index in [2.05, 4.69) is 5.32 Å².